The Labute approximate surface area is 102 Å². The molecule has 1 aromatic rings. The van der Waals surface area contributed by atoms with Crippen LogP contribution in [-0.4, -0.2) is 42.6 Å². The molecule has 2 rings (SSSR count). The molecule has 94 valence electrons. The van der Waals surface area contributed by atoms with Gasteiger partial charge in [0.1, 0.15) is 5.75 Å². The van der Waals surface area contributed by atoms with E-state index in [-0.39, 0.29) is 12.1 Å². The lowest BCUT2D eigenvalue weighted by atomic mass is 10.1. The summed E-state index contributed by atoms with van der Waals surface area (Å²) in [5.41, 5.74) is 1.20. The van der Waals surface area contributed by atoms with Crippen molar-refractivity contribution in [1.29, 1.82) is 0 Å². The maximum absolute atomic E-state index is 9.64. The fourth-order valence-corrected chi connectivity index (χ4v) is 2.06. The molecule has 0 radical (unpaired) electrons. The summed E-state index contributed by atoms with van der Waals surface area (Å²) in [6.45, 7) is 3.79. The molecule has 4 nitrogen and oxygen atoms in total. The SMILES string of the molecule is COc1ccc(CN2COCC2[C@H](C)O)cc1. The van der Waals surface area contributed by atoms with Crippen LogP contribution < -0.4 is 4.74 Å². The first-order chi connectivity index (χ1) is 8.20. The van der Waals surface area contributed by atoms with Crippen molar-refractivity contribution in [2.45, 2.75) is 25.6 Å². The molecule has 1 saturated heterocycles. The van der Waals surface area contributed by atoms with Gasteiger partial charge in [0.15, 0.2) is 0 Å². The van der Waals surface area contributed by atoms with Gasteiger partial charge in [0.2, 0.25) is 0 Å². The summed E-state index contributed by atoms with van der Waals surface area (Å²) in [5, 5.41) is 9.64. The van der Waals surface area contributed by atoms with E-state index in [1.807, 2.05) is 24.3 Å². The van der Waals surface area contributed by atoms with Gasteiger partial charge in [-0.15, -0.1) is 0 Å². The van der Waals surface area contributed by atoms with Gasteiger partial charge in [-0.1, -0.05) is 12.1 Å². The van der Waals surface area contributed by atoms with E-state index in [0.29, 0.717) is 13.3 Å². The molecule has 2 atom stereocenters. The van der Waals surface area contributed by atoms with Gasteiger partial charge in [-0.25, -0.2) is 0 Å². The van der Waals surface area contributed by atoms with Crippen LogP contribution in [0, 0.1) is 0 Å². The monoisotopic (exact) mass is 237 g/mol. The topological polar surface area (TPSA) is 41.9 Å². The molecule has 1 N–H and O–H groups in total. The maximum atomic E-state index is 9.64. The smallest absolute Gasteiger partial charge is 0.118 e. The quantitative estimate of drug-likeness (QED) is 0.855. The molecule has 1 aromatic carbocycles. The number of methoxy groups -OCH3 is 1. The van der Waals surface area contributed by atoms with Gasteiger partial charge in [-0.05, 0) is 24.6 Å². The third-order valence-corrected chi connectivity index (χ3v) is 3.12. The Kier molecular flexibility index (Phi) is 3.99. The number of rotatable bonds is 4. The molecule has 1 fully saturated rings. The Hall–Kier alpha value is -1.10. The first-order valence-corrected chi connectivity index (χ1v) is 5.83. The first kappa shape index (κ1) is 12.4. The van der Waals surface area contributed by atoms with E-state index < -0.39 is 0 Å². The molecule has 1 aliphatic rings. The average molecular weight is 237 g/mol. The minimum Gasteiger partial charge on any atom is -0.497 e. The highest BCUT2D eigenvalue weighted by Crippen LogP contribution is 2.18. The molecule has 1 heterocycles. The highest BCUT2D eigenvalue weighted by Gasteiger charge is 2.28. The van der Waals surface area contributed by atoms with Gasteiger partial charge < -0.3 is 14.6 Å². The standard InChI is InChI=1S/C13H19NO3/c1-10(15)13-8-17-9-14(13)7-11-3-5-12(16-2)6-4-11/h3-6,10,13,15H,7-9H2,1-2H3/t10-,13?/m0/s1. The van der Waals surface area contributed by atoms with Gasteiger partial charge in [0, 0.05) is 6.54 Å². The summed E-state index contributed by atoms with van der Waals surface area (Å²) in [7, 11) is 1.66. The third kappa shape index (κ3) is 2.97. The molecule has 0 aliphatic carbocycles. The lowest BCUT2D eigenvalue weighted by Gasteiger charge is -2.24. The number of hydrogen-bond donors (Lipinski definition) is 1. The van der Waals surface area contributed by atoms with Crippen LogP contribution in [0.3, 0.4) is 0 Å². The third-order valence-electron chi connectivity index (χ3n) is 3.12. The second kappa shape index (κ2) is 5.49. The van der Waals surface area contributed by atoms with Crippen molar-refractivity contribution in [3.63, 3.8) is 0 Å². The van der Waals surface area contributed by atoms with Gasteiger partial charge in [-0.3, -0.25) is 4.90 Å². The van der Waals surface area contributed by atoms with Crippen LogP contribution in [0.2, 0.25) is 0 Å². The number of nitrogens with zero attached hydrogens (tertiary/aromatic N) is 1. The predicted octanol–water partition coefficient (Wildman–Crippen LogP) is 1.23. The molecule has 0 aromatic heterocycles. The minimum absolute atomic E-state index is 0.0945. The van der Waals surface area contributed by atoms with Gasteiger partial charge >= 0.3 is 0 Å². The molecular formula is C13H19NO3. The largest absolute Gasteiger partial charge is 0.497 e. The highest BCUT2D eigenvalue weighted by molar-refractivity contribution is 5.27. The van der Waals surface area contributed by atoms with Crippen molar-refractivity contribution in [3.8, 4) is 5.75 Å². The van der Waals surface area contributed by atoms with Crippen LogP contribution in [0.1, 0.15) is 12.5 Å². The normalized spacial score (nSPS) is 22.6. The van der Waals surface area contributed by atoms with E-state index in [4.69, 9.17) is 9.47 Å². The molecule has 0 amide bonds. The lowest BCUT2D eigenvalue weighted by Crippen LogP contribution is -2.38. The van der Waals surface area contributed by atoms with Crippen LogP contribution in [0.15, 0.2) is 24.3 Å². The van der Waals surface area contributed by atoms with Crippen LogP contribution in [-0.2, 0) is 11.3 Å². The summed E-state index contributed by atoms with van der Waals surface area (Å²) in [6, 6.07) is 8.07. The lowest BCUT2D eigenvalue weighted by molar-refractivity contribution is 0.0855. The number of hydrogen-bond acceptors (Lipinski definition) is 4. The molecule has 17 heavy (non-hydrogen) atoms. The van der Waals surface area contributed by atoms with Crippen molar-refractivity contribution in [3.05, 3.63) is 29.8 Å². The van der Waals surface area contributed by atoms with E-state index in [2.05, 4.69) is 4.90 Å². The molecule has 0 saturated carbocycles. The minimum atomic E-state index is -0.365. The van der Waals surface area contributed by atoms with Crippen LogP contribution in [0.25, 0.3) is 0 Å². The fourth-order valence-electron chi connectivity index (χ4n) is 2.06. The zero-order valence-corrected chi connectivity index (χ0v) is 10.3. The average Bonchev–Trinajstić information content (AvgIpc) is 2.78. The highest BCUT2D eigenvalue weighted by atomic mass is 16.5. The van der Waals surface area contributed by atoms with Crippen molar-refractivity contribution >= 4 is 0 Å². The van der Waals surface area contributed by atoms with Crippen LogP contribution in [0.4, 0.5) is 0 Å². The molecule has 0 bridgehead atoms. The van der Waals surface area contributed by atoms with Crippen molar-refractivity contribution in [2.24, 2.45) is 0 Å². The zero-order valence-electron chi connectivity index (χ0n) is 10.3. The van der Waals surface area contributed by atoms with E-state index in [1.165, 1.54) is 5.56 Å². The molecule has 0 spiro atoms. The maximum Gasteiger partial charge on any atom is 0.118 e. The van der Waals surface area contributed by atoms with Crippen LogP contribution >= 0.6 is 0 Å². The fraction of sp³-hybridized carbons (Fsp3) is 0.538. The second-order valence-electron chi connectivity index (χ2n) is 4.40. The van der Waals surface area contributed by atoms with E-state index in [9.17, 15) is 5.11 Å². The summed E-state index contributed by atoms with van der Waals surface area (Å²) in [5.74, 6) is 0.860. The Morgan fingerprint density at radius 3 is 2.76 bits per heavy atom. The molecule has 1 unspecified atom stereocenters. The first-order valence-electron chi connectivity index (χ1n) is 5.83. The Morgan fingerprint density at radius 1 is 1.47 bits per heavy atom. The summed E-state index contributed by atoms with van der Waals surface area (Å²) >= 11 is 0. The van der Waals surface area contributed by atoms with Crippen molar-refractivity contribution < 1.29 is 14.6 Å². The predicted molar refractivity (Wildman–Crippen MR) is 64.8 cm³/mol. The van der Waals surface area contributed by atoms with Crippen molar-refractivity contribution in [1.82, 2.24) is 4.90 Å². The van der Waals surface area contributed by atoms with Gasteiger partial charge in [0.25, 0.3) is 0 Å². The zero-order chi connectivity index (χ0) is 12.3. The van der Waals surface area contributed by atoms with E-state index in [1.54, 1.807) is 14.0 Å². The van der Waals surface area contributed by atoms with Gasteiger partial charge in [-0.2, -0.15) is 0 Å². The van der Waals surface area contributed by atoms with E-state index in [0.717, 1.165) is 12.3 Å². The van der Waals surface area contributed by atoms with Crippen molar-refractivity contribution in [2.75, 3.05) is 20.4 Å². The molecule has 4 heteroatoms. The number of aliphatic hydroxyl groups excluding tert-OH is 1. The number of aliphatic hydroxyl groups is 1. The number of ether oxygens (including phenoxy) is 2. The summed E-state index contributed by atoms with van der Waals surface area (Å²) < 4.78 is 10.5. The molecule has 1 aliphatic heterocycles. The Morgan fingerprint density at radius 2 is 2.18 bits per heavy atom. The summed E-state index contributed by atoms with van der Waals surface area (Å²) in [4.78, 5) is 2.15. The van der Waals surface area contributed by atoms with Gasteiger partial charge in [0.05, 0.1) is 32.6 Å². The Balaban J connectivity index is 1.99. The molecular weight excluding hydrogens is 218 g/mol. The Bertz CT molecular complexity index is 350. The van der Waals surface area contributed by atoms with Crippen LogP contribution in [0.5, 0.6) is 5.75 Å². The van der Waals surface area contributed by atoms with E-state index >= 15 is 0 Å². The summed E-state index contributed by atoms with van der Waals surface area (Å²) in [6.07, 6.45) is -0.365. The second-order valence-corrected chi connectivity index (χ2v) is 4.40. The number of benzene rings is 1.